The fourth-order valence-corrected chi connectivity index (χ4v) is 4.65. The number of aryl methyl sites for hydroxylation is 1. The Labute approximate surface area is 157 Å². The van der Waals surface area contributed by atoms with E-state index in [1.807, 2.05) is 30.3 Å². The van der Waals surface area contributed by atoms with Crippen LogP contribution >= 0.6 is 27.3 Å². The molecule has 0 aliphatic heterocycles. The first-order valence-electron chi connectivity index (χ1n) is 8.03. The van der Waals surface area contributed by atoms with Crippen LogP contribution in [0.3, 0.4) is 0 Å². The molecule has 0 radical (unpaired) electrons. The van der Waals surface area contributed by atoms with E-state index < -0.39 is 0 Å². The smallest absolute Gasteiger partial charge is 0.280 e. The fourth-order valence-electron chi connectivity index (χ4n) is 2.97. The molecule has 0 atom stereocenters. The van der Waals surface area contributed by atoms with E-state index in [4.69, 9.17) is 0 Å². The molecule has 1 heterocycles. The van der Waals surface area contributed by atoms with E-state index >= 15 is 0 Å². The Kier molecular flexibility index (Phi) is 4.27. The number of carbonyl (C=O) groups is 1. The summed E-state index contributed by atoms with van der Waals surface area (Å²) in [5.74, 6) is -0.231. The highest BCUT2D eigenvalue weighted by molar-refractivity contribution is 9.10. The van der Waals surface area contributed by atoms with Crippen molar-refractivity contribution in [1.82, 2.24) is 4.57 Å². The average molecular weight is 411 g/mol. The number of aromatic nitrogens is 1. The molecule has 0 N–H and O–H groups in total. The van der Waals surface area contributed by atoms with Crippen LogP contribution in [0.2, 0.25) is 0 Å². The second-order valence-electron chi connectivity index (χ2n) is 5.66. The van der Waals surface area contributed by atoms with Crippen molar-refractivity contribution in [2.24, 2.45) is 4.99 Å². The third-order valence-corrected chi connectivity index (χ3v) is 6.01. The summed E-state index contributed by atoms with van der Waals surface area (Å²) in [4.78, 5) is 17.8. The predicted octanol–water partition coefficient (Wildman–Crippen LogP) is 5.38. The maximum absolute atomic E-state index is 12.6. The quantitative estimate of drug-likeness (QED) is 0.436. The van der Waals surface area contributed by atoms with Crippen LogP contribution in [-0.4, -0.2) is 10.5 Å². The Balaban J connectivity index is 1.97. The van der Waals surface area contributed by atoms with Gasteiger partial charge in [0, 0.05) is 16.4 Å². The van der Waals surface area contributed by atoms with Crippen LogP contribution in [0.4, 0.5) is 0 Å². The van der Waals surface area contributed by atoms with E-state index in [1.54, 1.807) is 17.4 Å². The maximum Gasteiger partial charge on any atom is 0.280 e. The van der Waals surface area contributed by atoms with Gasteiger partial charge in [0.1, 0.15) is 0 Å². The molecule has 1 amide bonds. The molecule has 124 valence electrons. The van der Waals surface area contributed by atoms with Gasteiger partial charge in [-0.15, -0.1) is 0 Å². The minimum atomic E-state index is -0.231. The summed E-state index contributed by atoms with van der Waals surface area (Å²) in [6.07, 6.45) is 0. The molecule has 0 spiro atoms. The number of nitrogens with zero attached hydrogens (tertiary/aromatic N) is 2. The van der Waals surface area contributed by atoms with Crippen molar-refractivity contribution in [1.29, 1.82) is 0 Å². The predicted molar refractivity (Wildman–Crippen MR) is 107 cm³/mol. The van der Waals surface area contributed by atoms with Gasteiger partial charge in [-0.2, -0.15) is 4.99 Å². The Bertz CT molecular complexity index is 1170. The summed E-state index contributed by atoms with van der Waals surface area (Å²) >= 11 is 5.00. The lowest BCUT2D eigenvalue weighted by Gasteiger charge is -2.02. The van der Waals surface area contributed by atoms with E-state index in [-0.39, 0.29) is 5.91 Å². The topological polar surface area (TPSA) is 34.4 Å². The minimum absolute atomic E-state index is 0.231. The van der Waals surface area contributed by atoms with Gasteiger partial charge in [0.15, 0.2) is 4.80 Å². The van der Waals surface area contributed by atoms with E-state index in [1.165, 1.54) is 15.5 Å². The highest BCUT2D eigenvalue weighted by atomic mass is 79.9. The lowest BCUT2D eigenvalue weighted by Crippen LogP contribution is -2.16. The molecule has 3 aromatic carbocycles. The molecule has 4 aromatic rings. The van der Waals surface area contributed by atoms with Crippen molar-refractivity contribution in [3.05, 3.63) is 75.5 Å². The van der Waals surface area contributed by atoms with Crippen LogP contribution in [0.25, 0.3) is 21.0 Å². The first-order valence-corrected chi connectivity index (χ1v) is 9.64. The number of rotatable bonds is 2. The molecule has 0 saturated carbocycles. The van der Waals surface area contributed by atoms with Crippen LogP contribution in [0.15, 0.2) is 70.1 Å². The van der Waals surface area contributed by atoms with Gasteiger partial charge >= 0.3 is 0 Å². The lowest BCUT2D eigenvalue weighted by atomic mass is 10.1. The molecule has 3 nitrogen and oxygen atoms in total. The van der Waals surface area contributed by atoms with Crippen LogP contribution in [0, 0.1) is 0 Å². The number of halogens is 1. The van der Waals surface area contributed by atoms with Crippen LogP contribution < -0.4 is 4.80 Å². The summed E-state index contributed by atoms with van der Waals surface area (Å²) in [7, 11) is 0. The van der Waals surface area contributed by atoms with Crippen molar-refractivity contribution >= 4 is 54.2 Å². The van der Waals surface area contributed by atoms with Gasteiger partial charge in [0.25, 0.3) is 5.91 Å². The molecule has 0 bridgehead atoms. The molecule has 0 aliphatic rings. The Morgan fingerprint density at radius 3 is 2.64 bits per heavy atom. The number of benzene rings is 3. The Hall–Kier alpha value is -2.24. The molecule has 0 unspecified atom stereocenters. The fraction of sp³-hybridized carbons (Fsp3) is 0.100. The van der Waals surface area contributed by atoms with Gasteiger partial charge < -0.3 is 4.57 Å². The van der Waals surface area contributed by atoms with Crippen LogP contribution in [-0.2, 0) is 6.54 Å². The zero-order chi connectivity index (χ0) is 17.4. The van der Waals surface area contributed by atoms with Crippen molar-refractivity contribution in [2.45, 2.75) is 13.5 Å². The summed E-state index contributed by atoms with van der Waals surface area (Å²) in [5.41, 5.74) is 1.69. The summed E-state index contributed by atoms with van der Waals surface area (Å²) < 4.78 is 4.03. The van der Waals surface area contributed by atoms with Gasteiger partial charge in [-0.25, -0.2) is 0 Å². The van der Waals surface area contributed by atoms with E-state index in [0.717, 1.165) is 21.3 Å². The summed E-state index contributed by atoms with van der Waals surface area (Å²) in [6.45, 7) is 2.84. The monoisotopic (exact) mass is 410 g/mol. The Morgan fingerprint density at radius 2 is 1.84 bits per heavy atom. The zero-order valence-electron chi connectivity index (χ0n) is 13.6. The number of carbonyl (C=O) groups excluding carboxylic acids is 1. The number of fused-ring (bicyclic) bond motifs is 3. The van der Waals surface area contributed by atoms with E-state index in [2.05, 4.69) is 56.7 Å². The van der Waals surface area contributed by atoms with Gasteiger partial charge in [0.2, 0.25) is 0 Å². The highest BCUT2D eigenvalue weighted by Crippen LogP contribution is 2.27. The molecule has 0 saturated heterocycles. The number of hydrogen-bond donors (Lipinski definition) is 0. The largest absolute Gasteiger partial charge is 0.317 e. The normalized spacial score (nSPS) is 12.2. The first-order chi connectivity index (χ1) is 12.2. The molecule has 5 heteroatoms. The molecular formula is C20H15BrN2OS. The first kappa shape index (κ1) is 16.2. The second kappa shape index (κ2) is 6.58. The van der Waals surface area contributed by atoms with E-state index in [0.29, 0.717) is 5.56 Å². The number of hydrogen-bond acceptors (Lipinski definition) is 2. The van der Waals surface area contributed by atoms with E-state index in [9.17, 15) is 4.79 Å². The summed E-state index contributed by atoms with van der Waals surface area (Å²) in [5, 5.41) is 2.39. The Morgan fingerprint density at radius 1 is 1.08 bits per heavy atom. The SMILES string of the molecule is CCn1c(=NC(=O)c2ccccc2Br)sc2c3ccccc3ccc21. The number of amides is 1. The van der Waals surface area contributed by atoms with Crippen LogP contribution in [0.1, 0.15) is 17.3 Å². The third-order valence-electron chi connectivity index (χ3n) is 4.19. The molecule has 1 aromatic heterocycles. The molecule has 0 aliphatic carbocycles. The van der Waals surface area contributed by atoms with Gasteiger partial charge in [-0.1, -0.05) is 53.8 Å². The van der Waals surface area contributed by atoms with Crippen molar-refractivity contribution in [3.63, 3.8) is 0 Å². The van der Waals surface area contributed by atoms with Crippen molar-refractivity contribution < 1.29 is 4.79 Å². The van der Waals surface area contributed by atoms with Crippen molar-refractivity contribution in [2.75, 3.05) is 0 Å². The third kappa shape index (κ3) is 2.83. The molecule has 4 rings (SSSR count). The highest BCUT2D eigenvalue weighted by Gasteiger charge is 2.12. The van der Waals surface area contributed by atoms with Crippen molar-refractivity contribution in [3.8, 4) is 0 Å². The summed E-state index contributed by atoms with van der Waals surface area (Å²) in [6, 6.07) is 19.9. The van der Waals surface area contributed by atoms with Crippen LogP contribution in [0.5, 0.6) is 0 Å². The standard InChI is InChI=1S/C20H15BrN2OS/c1-2-23-17-12-11-13-7-3-4-8-14(13)18(17)25-20(23)22-19(24)15-9-5-6-10-16(15)21/h3-12H,2H2,1H3. The van der Waals surface area contributed by atoms with Gasteiger partial charge in [-0.3, -0.25) is 4.79 Å². The lowest BCUT2D eigenvalue weighted by molar-refractivity contribution is 0.0997. The average Bonchev–Trinajstić information content (AvgIpc) is 2.99. The molecular weight excluding hydrogens is 396 g/mol. The van der Waals surface area contributed by atoms with Gasteiger partial charge in [0.05, 0.1) is 15.8 Å². The second-order valence-corrected chi connectivity index (χ2v) is 7.49. The number of thiazole rings is 1. The van der Waals surface area contributed by atoms with Gasteiger partial charge in [-0.05, 0) is 46.4 Å². The molecule has 0 fully saturated rings. The zero-order valence-corrected chi connectivity index (χ0v) is 16.0. The minimum Gasteiger partial charge on any atom is -0.317 e. The molecule has 25 heavy (non-hydrogen) atoms. The maximum atomic E-state index is 12.6.